The molecule has 0 aliphatic heterocycles. The van der Waals surface area contributed by atoms with Gasteiger partial charge in [-0.2, -0.15) is 0 Å². The van der Waals surface area contributed by atoms with Gasteiger partial charge in [-0.05, 0) is 26.0 Å². The number of ether oxygens (including phenoxy) is 1. The predicted molar refractivity (Wildman–Crippen MR) is 91.5 cm³/mol. The number of thioether (sulfide) groups is 1. The van der Waals surface area contributed by atoms with Crippen molar-refractivity contribution in [3.8, 4) is 0 Å². The van der Waals surface area contributed by atoms with Crippen molar-refractivity contribution in [2.45, 2.75) is 18.9 Å². The number of aromatic nitrogens is 1. The van der Waals surface area contributed by atoms with E-state index in [1.165, 1.54) is 18.7 Å². The number of furan rings is 1. The van der Waals surface area contributed by atoms with Crippen LogP contribution in [-0.4, -0.2) is 35.1 Å². The molecule has 2 heterocycles. The molecule has 25 heavy (non-hydrogen) atoms. The summed E-state index contributed by atoms with van der Waals surface area (Å²) in [7, 11) is 0. The van der Waals surface area contributed by atoms with Crippen molar-refractivity contribution in [1.29, 1.82) is 0 Å². The smallest absolute Gasteiger partial charge is 0.342 e. The highest BCUT2D eigenvalue weighted by molar-refractivity contribution is 7.99. The van der Waals surface area contributed by atoms with E-state index in [0.29, 0.717) is 5.03 Å². The van der Waals surface area contributed by atoms with Crippen LogP contribution in [0.3, 0.4) is 0 Å². The van der Waals surface area contributed by atoms with Crippen LogP contribution in [0.1, 0.15) is 33.4 Å². The average molecular weight is 363 g/mol. The van der Waals surface area contributed by atoms with Crippen LogP contribution in [0.15, 0.2) is 33.8 Å². The third-order valence-electron chi connectivity index (χ3n) is 3.05. The van der Waals surface area contributed by atoms with E-state index < -0.39 is 17.8 Å². The number of hydrogen-bond donors (Lipinski definition) is 2. The molecule has 2 aromatic rings. The number of carbonyl (C=O) groups excluding carboxylic acids is 3. The maximum Gasteiger partial charge on any atom is 0.342 e. The Kier molecular flexibility index (Phi) is 6.18. The van der Waals surface area contributed by atoms with Crippen LogP contribution in [0.4, 0.5) is 5.88 Å². The molecule has 0 saturated heterocycles. The van der Waals surface area contributed by atoms with Gasteiger partial charge in [-0.3, -0.25) is 14.9 Å². The van der Waals surface area contributed by atoms with Crippen LogP contribution in [0.2, 0.25) is 0 Å². The van der Waals surface area contributed by atoms with E-state index in [4.69, 9.17) is 14.9 Å². The SMILES string of the molecule is CCOC(=O)c1c(C)oc(NC(=O)CSc2ccccn2)c1C(N)=O. The van der Waals surface area contributed by atoms with Crippen molar-refractivity contribution in [2.24, 2.45) is 5.73 Å². The van der Waals surface area contributed by atoms with Crippen molar-refractivity contribution in [3.63, 3.8) is 0 Å². The van der Waals surface area contributed by atoms with Crippen LogP contribution in [0.5, 0.6) is 0 Å². The Bertz CT molecular complexity index is 789. The monoisotopic (exact) mass is 363 g/mol. The van der Waals surface area contributed by atoms with Gasteiger partial charge >= 0.3 is 5.97 Å². The van der Waals surface area contributed by atoms with Gasteiger partial charge in [0.05, 0.1) is 17.4 Å². The molecule has 0 saturated carbocycles. The largest absolute Gasteiger partial charge is 0.462 e. The fourth-order valence-corrected chi connectivity index (χ4v) is 2.71. The van der Waals surface area contributed by atoms with Crippen LogP contribution in [0.25, 0.3) is 0 Å². The fraction of sp³-hybridized carbons (Fsp3) is 0.250. The van der Waals surface area contributed by atoms with Gasteiger partial charge in [-0.25, -0.2) is 9.78 Å². The topological polar surface area (TPSA) is 125 Å². The summed E-state index contributed by atoms with van der Waals surface area (Å²) in [6.45, 7) is 3.25. The van der Waals surface area contributed by atoms with E-state index in [0.717, 1.165) is 0 Å². The van der Waals surface area contributed by atoms with E-state index in [1.54, 1.807) is 31.3 Å². The number of nitrogens with two attached hydrogens (primary N) is 1. The van der Waals surface area contributed by atoms with Crippen molar-refractivity contribution < 1.29 is 23.5 Å². The highest BCUT2D eigenvalue weighted by atomic mass is 32.2. The van der Waals surface area contributed by atoms with Gasteiger partial charge < -0.3 is 14.9 Å². The van der Waals surface area contributed by atoms with Gasteiger partial charge in [0.1, 0.15) is 16.9 Å². The Morgan fingerprint density at radius 1 is 1.32 bits per heavy atom. The molecule has 2 amide bonds. The lowest BCUT2D eigenvalue weighted by Crippen LogP contribution is -2.21. The van der Waals surface area contributed by atoms with Gasteiger partial charge in [0, 0.05) is 6.20 Å². The molecule has 0 bridgehead atoms. The first-order valence-corrected chi connectivity index (χ1v) is 8.36. The Labute approximate surface area is 148 Å². The molecule has 0 aliphatic rings. The first kappa shape index (κ1) is 18.5. The van der Waals surface area contributed by atoms with Crippen LogP contribution >= 0.6 is 11.8 Å². The molecule has 0 radical (unpaired) electrons. The number of amides is 2. The molecular formula is C16H17N3O5S. The zero-order valence-electron chi connectivity index (χ0n) is 13.7. The number of primary amides is 1. The molecule has 3 N–H and O–H groups in total. The molecule has 132 valence electrons. The summed E-state index contributed by atoms with van der Waals surface area (Å²) in [5.41, 5.74) is 5.05. The van der Waals surface area contributed by atoms with Crippen LogP contribution < -0.4 is 11.1 Å². The highest BCUT2D eigenvalue weighted by Crippen LogP contribution is 2.28. The molecule has 0 fully saturated rings. The maximum absolute atomic E-state index is 12.1. The number of hydrogen-bond acceptors (Lipinski definition) is 7. The highest BCUT2D eigenvalue weighted by Gasteiger charge is 2.29. The number of nitrogens with one attached hydrogen (secondary N) is 1. The number of aryl methyl sites for hydroxylation is 1. The lowest BCUT2D eigenvalue weighted by atomic mass is 10.1. The molecule has 0 spiro atoms. The summed E-state index contributed by atoms with van der Waals surface area (Å²) in [6.07, 6.45) is 1.62. The normalized spacial score (nSPS) is 10.3. The molecule has 0 aliphatic carbocycles. The summed E-state index contributed by atoms with van der Waals surface area (Å²) in [6, 6.07) is 5.34. The molecule has 8 nitrogen and oxygen atoms in total. The molecule has 2 rings (SSSR count). The van der Waals surface area contributed by atoms with Gasteiger partial charge in [-0.15, -0.1) is 0 Å². The Hall–Kier alpha value is -2.81. The second-order valence-corrected chi connectivity index (χ2v) is 5.82. The summed E-state index contributed by atoms with van der Waals surface area (Å²) in [5.74, 6) is -2.04. The van der Waals surface area contributed by atoms with Crippen LogP contribution in [-0.2, 0) is 9.53 Å². The summed E-state index contributed by atoms with van der Waals surface area (Å²) in [4.78, 5) is 39.9. The summed E-state index contributed by atoms with van der Waals surface area (Å²) in [5, 5.41) is 3.13. The quantitative estimate of drug-likeness (QED) is 0.569. The fourth-order valence-electron chi connectivity index (χ4n) is 2.05. The second kappa shape index (κ2) is 8.34. The van der Waals surface area contributed by atoms with Crippen molar-refractivity contribution >= 4 is 35.4 Å². The van der Waals surface area contributed by atoms with Gasteiger partial charge in [0.15, 0.2) is 0 Å². The minimum atomic E-state index is -0.896. The molecular weight excluding hydrogens is 346 g/mol. The van der Waals surface area contributed by atoms with Crippen LogP contribution in [0, 0.1) is 6.92 Å². The first-order valence-electron chi connectivity index (χ1n) is 7.38. The Morgan fingerprint density at radius 3 is 2.68 bits per heavy atom. The molecule has 2 aromatic heterocycles. The minimum Gasteiger partial charge on any atom is -0.462 e. The van der Waals surface area contributed by atoms with Crippen molar-refractivity contribution in [2.75, 3.05) is 17.7 Å². The number of rotatable bonds is 7. The maximum atomic E-state index is 12.1. The van der Waals surface area contributed by atoms with Gasteiger partial charge in [0.2, 0.25) is 11.8 Å². The minimum absolute atomic E-state index is 0.0453. The number of esters is 1. The lowest BCUT2D eigenvalue weighted by molar-refractivity contribution is -0.113. The number of carbonyl (C=O) groups is 3. The van der Waals surface area contributed by atoms with E-state index >= 15 is 0 Å². The zero-order valence-corrected chi connectivity index (χ0v) is 14.5. The van der Waals surface area contributed by atoms with E-state index in [1.807, 2.05) is 0 Å². The molecule has 0 unspecified atom stereocenters. The Morgan fingerprint density at radius 2 is 2.08 bits per heavy atom. The number of anilines is 1. The zero-order chi connectivity index (χ0) is 18.4. The second-order valence-electron chi connectivity index (χ2n) is 4.83. The average Bonchev–Trinajstić information content (AvgIpc) is 2.90. The molecule has 0 aromatic carbocycles. The molecule has 9 heteroatoms. The lowest BCUT2D eigenvalue weighted by Gasteiger charge is -2.04. The van der Waals surface area contributed by atoms with E-state index in [9.17, 15) is 14.4 Å². The van der Waals surface area contributed by atoms with Crippen molar-refractivity contribution in [1.82, 2.24) is 4.98 Å². The summed E-state index contributed by atoms with van der Waals surface area (Å²) < 4.78 is 10.2. The van der Waals surface area contributed by atoms with E-state index in [-0.39, 0.29) is 35.1 Å². The number of pyridine rings is 1. The number of nitrogens with zero attached hydrogens (tertiary/aromatic N) is 1. The third-order valence-corrected chi connectivity index (χ3v) is 4.00. The van der Waals surface area contributed by atoms with Gasteiger partial charge in [0.25, 0.3) is 5.91 Å². The molecule has 0 atom stereocenters. The standard InChI is InChI=1S/C16H17N3O5S/c1-3-23-16(22)12-9(2)24-15(13(12)14(17)21)19-10(20)8-25-11-6-4-5-7-18-11/h4-7H,3,8H2,1-2H3,(H2,17,21)(H,19,20). The first-order chi connectivity index (χ1) is 11.9. The third kappa shape index (κ3) is 4.60. The Balaban J connectivity index is 2.15. The van der Waals surface area contributed by atoms with Gasteiger partial charge in [-0.1, -0.05) is 17.8 Å². The van der Waals surface area contributed by atoms with E-state index in [2.05, 4.69) is 10.3 Å². The van der Waals surface area contributed by atoms with Crippen molar-refractivity contribution in [3.05, 3.63) is 41.3 Å². The predicted octanol–water partition coefficient (Wildman–Crippen LogP) is 1.99. The summed E-state index contributed by atoms with van der Waals surface area (Å²) >= 11 is 1.21.